The summed E-state index contributed by atoms with van der Waals surface area (Å²) in [6, 6.07) is 12.0. The van der Waals surface area contributed by atoms with Gasteiger partial charge in [0.25, 0.3) is 0 Å². The third kappa shape index (κ3) is 4.13. The van der Waals surface area contributed by atoms with Gasteiger partial charge in [-0.2, -0.15) is 0 Å². The molecule has 5 nitrogen and oxygen atoms in total. The molecule has 0 saturated carbocycles. The van der Waals surface area contributed by atoms with Gasteiger partial charge in [-0.1, -0.05) is 19.1 Å². The van der Waals surface area contributed by atoms with Crippen molar-refractivity contribution in [2.24, 2.45) is 0 Å². The van der Waals surface area contributed by atoms with E-state index in [1.807, 2.05) is 19.1 Å². The van der Waals surface area contributed by atoms with Crippen molar-refractivity contribution in [1.29, 1.82) is 0 Å². The molecule has 0 bridgehead atoms. The van der Waals surface area contributed by atoms with Gasteiger partial charge >= 0.3 is 5.97 Å². The van der Waals surface area contributed by atoms with Crippen molar-refractivity contribution in [1.82, 2.24) is 0 Å². The van der Waals surface area contributed by atoms with Crippen LogP contribution in [0.15, 0.2) is 42.5 Å². The van der Waals surface area contributed by atoms with Crippen LogP contribution in [-0.2, 0) is 11.2 Å². The maximum Gasteiger partial charge on any atom is 0.338 e. The summed E-state index contributed by atoms with van der Waals surface area (Å²) in [6.45, 7) is 1.69. The topological polar surface area (TPSA) is 61.8 Å². The molecular weight excluding hydrogens is 308 g/mol. The zero-order chi connectivity index (χ0) is 17.5. The summed E-state index contributed by atoms with van der Waals surface area (Å²) in [4.78, 5) is 24.3. The first-order valence-corrected chi connectivity index (χ1v) is 7.60. The number of Topliss-reactive ketones (excluding diaryl/α,β-unsaturated/α-hetero) is 1. The number of esters is 1. The molecule has 0 aliphatic heterocycles. The molecule has 0 aromatic heterocycles. The molecule has 126 valence electrons. The van der Waals surface area contributed by atoms with E-state index >= 15 is 0 Å². The standard InChI is InChI=1S/C19H20O5/c1-4-13-5-7-14(8-6-13)19(21)24-12-17(20)16-10-9-15(22-2)11-18(16)23-3/h5-11H,4,12H2,1-3H3. The van der Waals surface area contributed by atoms with Gasteiger partial charge in [0.05, 0.1) is 25.3 Å². The van der Waals surface area contributed by atoms with Crippen LogP contribution in [0.25, 0.3) is 0 Å². The second kappa shape index (κ2) is 8.15. The third-order valence-corrected chi connectivity index (χ3v) is 3.64. The molecule has 2 aromatic rings. The quantitative estimate of drug-likeness (QED) is 0.576. The van der Waals surface area contributed by atoms with Gasteiger partial charge in [-0.05, 0) is 36.2 Å². The monoisotopic (exact) mass is 328 g/mol. The van der Waals surface area contributed by atoms with Gasteiger partial charge < -0.3 is 14.2 Å². The first-order valence-electron chi connectivity index (χ1n) is 7.60. The average molecular weight is 328 g/mol. The maximum absolute atomic E-state index is 12.3. The summed E-state index contributed by atoms with van der Waals surface area (Å²) in [6.07, 6.45) is 0.894. The van der Waals surface area contributed by atoms with Crippen LogP contribution in [0.2, 0.25) is 0 Å². The smallest absolute Gasteiger partial charge is 0.338 e. The summed E-state index contributed by atoms with van der Waals surface area (Å²) in [7, 11) is 2.99. The molecule has 24 heavy (non-hydrogen) atoms. The maximum atomic E-state index is 12.3. The van der Waals surface area contributed by atoms with Crippen LogP contribution in [0.3, 0.4) is 0 Å². The highest BCUT2D eigenvalue weighted by Gasteiger charge is 2.16. The minimum atomic E-state index is -0.529. The predicted molar refractivity (Wildman–Crippen MR) is 90.0 cm³/mol. The second-order valence-electron chi connectivity index (χ2n) is 5.12. The largest absolute Gasteiger partial charge is 0.497 e. The van der Waals surface area contributed by atoms with Crippen LogP contribution in [0.5, 0.6) is 11.5 Å². The van der Waals surface area contributed by atoms with Crippen LogP contribution in [0.1, 0.15) is 33.2 Å². The number of benzene rings is 2. The molecule has 0 saturated heterocycles. The van der Waals surface area contributed by atoms with Gasteiger partial charge in [-0.25, -0.2) is 4.79 Å². The molecule has 0 atom stereocenters. The van der Waals surface area contributed by atoms with E-state index in [0.29, 0.717) is 22.6 Å². The van der Waals surface area contributed by atoms with E-state index in [1.54, 1.807) is 30.3 Å². The molecule has 0 unspecified atom stereocenters. The zero-order valence-corrected chi connectivity index (χ0v) is 14.0. The Labute approximate surface area is 141 Å². The Morgan fingerprint density at radius 2 is 1.67 bits per heavy atom. The van der Waals surface area contributed by atoms with E-state index in [4.69, 9.17) is 14.2 Å². The summed E-state index contributed by atoms with van der Waals surface area (Å²) < 4.78 is 15.4. The van der Waals surface area contributed by atoms with Crippen LogP contribution >= 0.6 is 0 Å². The molecule has 2 rings (SSSR count). The Hall–Kier alpha value is -2.82. The number of rotatable bonds is 7. The van der Waals surface area contributed by atoms with Crippen LogP contribution < -0.4 is 9.47 Å². The van der Waals surface area contributed by atoms with Crippen molar-refractivity contribution < 1.29 is 23.8 Å². The summed E-state index contributed by atoms with van der Waals surface area (Å²) in [5.74, 6) is 0.0885. The van der Waals surface area contributed by atoms with E-state index in [2.05, 4.69) is 0 Å². The lowest BCUT2D eigenvalue weighted by Crippen LogP contribution is -2.15. The molecule has 0 aliphatic rings. The summed E-state index contributed by atoms with van der Waals surface area (Å²) >= 11 is 0. The minimum absolute atomic E-state index is 0.340. The van der Waals surface area contributed by atoms with Gasteiger partial charge in [-0.3, -0.25) is 4.79 Å². The van der Waals surface area contributed by atoms with Crippen molar-refractivity contribution in [3.05, 3.63) is 59.2 Å². The van der Waals surface area contributed by atoms with Crippen LogP contribution in [-0.4, -0.2) is 32.6 Å². The van der Waals surface area contributed by atoms with E-state index in [1.165, 1.54) is 14.2 Å². The van der Waals surface area contributed by atoms with Crippen molar-refractivity contribution in [2.75, 3.05) is 20.8 Å². The second-order valence-corrected chi connectivity index (χ2v) is 5.12. The number of carbonyl (C=O) groups is 2. The average Bonchev–Trinajstić information content (AvgIpc) is 2.65. The third-order valence-electron chi connectivity index (χ3n) is 3.64. The molecular formula is C19H20O5. The van der Waals surface area contributed by atoms with Crippen molar-refractivity contribution in [3.63, 3.8) is 0 Å². The number of aryl methyl sites for hydroxylation is 1. The minimum Gasteiger partial charge on any atom is -0.497 e. The Balaban J connectivity index is 2.03. The van der Waals surface area contributed by atoms with Crippen molar-refractivity contribution >= 4 is 11.8 Å². The Kier molecular flexibility index (Phi) is 5.95. The molecule has 0 radical (unpaired) electrons. The van der Waals surface area contributed by atoms with Gasteiger partial charge in [0.1, 0.15) is 11.5 Å². The van der Waals surface area contributed by atoms with Gasteiger partial charge in [-0.15, -0.1) is 0 Å². The highest BCUT2D eigenvalue weighted by molar-refractivity contribution is 6.01. The number of ether oxygens (including phenoxy) is 3. The number of methoxy groups -OCH3 is 2. The molecule has 0 spiro atoms. The fourth-order valence-electron chi connectivity index (χ4n) is 2.20. The molecule has 2 aromatic carbocycles. The predicted octanol–water partition coefficient (Wildman–Crippen LogP) is 3.31. The van der Waals surface area contributed by atoms with Crippen molar-refractivity contribution in [2.45, 2.75) is 13.3 Å². The van der Waals surface area contributed by atoms with E-state index in [0.717, 1.165) is 12.0 Å². The normalized spacial score (nSPS) is 10.1. The lowest BCUT2D eigenvalue weighted by molar-refractivity contribution is 0.0474. The Bertz CT molecular complexity index is 719. The first-order chi connectivity index (χ1) is 11.6. The molecule has 5 heteroatoms. The van der Waals surface area contributed by atoms with E-state index in [9.17, 15) is 9.59 Å². The fourth-order valence-corrected chi connectivity index (χ4v) is 2.20. The zero-order valence-electron chi connectivity index (χ0n) is 14.0. The summed E-state index contributed by atoms with van der Waals surface area (Å²) in [5.41, 5.74) is 1.89. The number of hydrogen-bond donors (Lipinski definition) is 0. The number of ketones is 1. The lowest BCUT2D eigenvalue weighted by Gasteiger charge is -2.10. The van der Waals surface area contributed by atoms with Gasteiger partial charge in [0, 0.05) is 6.07 Å². The van der Waals surface area contributed by atoms with Crippen LogP contribution in [0.4, 0.5) is 0 Å². The lowest BCUT2D eigenvalue weighted by atomic mass is 10.1. The van der Waals surface area contributed by atoms with Gasteiger partial charge in [0.2, 0.25) is 5.78 Å². The van der Waals surface area contributed by atoms with Crippen LogP contribution in [0, 0.1) is 0 Å². The van der Waals surface area contributed by atoms with Gasteiger partial charge in [0.15, 0.2) is 6.61 Å². The first kappa shape index (κ1) is 17.5. The highest BCUT2D eigenvalue weighted by atomic mass is 16.5. The fraction of sp³-hybridized carbons (Fsp3) is 0.263. The van der Waals surface area contributed by atoms with E-state index < -0.39 is 5.97 Å². The summed E-state index contributed by atoms with van der Waals surface area (Å²) in [5, 5.41) is 0. The van der Waals surface area contributed by atoms with E-state index in [-0.39, 0.29) is 12.4 Å². The Morgan fingerprint density at radius 3 is 2.25 bits per heavy atom. The number of hydrogen-bond acceptors (Lipinski definition) is 5. The SMILES string of the molecule is CCc1ccc(C(=O)OCC(=O)c2ccc(OC)cc2OC)cc1. The number of carbonyl (C=O) groups excluding carboxylic acids is 2. The Morgan fingerprint density at radius 1 is 0.958 bits per heavy atom. The molecule has 0 fully saturated rings. The molecule has 0 N–H and O–H groups in total. The molecule has 0 aliphatic carbocycles. The molecule has 0 heterocycles. The molecule has 0 amide bonds. The highest BCUT2D eigenvalue weighted by Crippen LogP contribution is 2.25. The van der Waals surface area contributed by atoms with Crippen molar-refractivity contribution in [3.8, 4) is 11.5 Å².